The summed E-state index contributed by atoms with van der Waals surface area (Å²) in [7, 11) is -3.46. The predicted octanol–water partition coefficient (Wildman–Crippen LogP) is 1.63. The minimum absolute atomic E-state index is 0.0448. The maximum absolute atomic E-state index is 12.7. The van der Waals surface area contributed by atoms with E-state index in [-0.39, 0.29) is 6.04 Å². The van der Waals surface area contributed by atoms with Gasteiger partial charge in [-0.05, 0) is 19.1 Å². The molecule has 1 aliphatic rings. The summed E-state index contributed by atoms with van der Waals surface area (Å²) >= 11 is 0. The van der Waals surface area contributed by atoms with Crippen molar-refractivity contribution in [2.75, 3.05) is 19.6 Å². The van der Waals surface area contributed by atoms with Crippen LogP contribution in [0.5, 0.6) is 0 Å². The lowest BCUT2D eigenvalue weighted by Crippen LogP contribution is -2.52. The van der Waals surface area contributed by atoms with Crippen molar-refractivity contribution in [2.24, 2.45) is 0 Å². The number of nitrogens with one attached hydrogen (secondary N) is 1. The average molecular weight is 321 g/mol. The Labute approximate surface area is 130 Å². The van der Waals surface area contributed by atoms with Gasteiger partial charge in [0, 0.05) is 38.2 Å². The first-order valence-corrected chi connectivity index (χ1v) is 8.67. The molecule has 118 valence electrons. The molecule has 1 fully saturated rings. The zero-order valence-corrected chi connectivity index (χ0v) is 13.4. The number of hydrogen-bond acceptors (Lipinski definition) is 5. The molecule has 2 aromatic rings. The molecule has 2 heterocycles. The number of aryl methyl sites for hydroxylation is 1. The van der Waals surface area contributed by atoms with Crippen molar-refractivity contribution in [3.05, 3.63) is 36.4 Å². The van der Waals surface area contributed by atoms with Gasteiger partial charge in [0.2, 0.25) is 10.0 Å². The van der Waals surface area contributed by atoms with Gasteiger partial charge in [-0.15, -0.1) is 0 Å². The normalized spacial score (nSPS) is 20.2. The van der Waals surface area contributed by atoms with Crippen LogP contribution in [0, 0.1) is 6.92 Å². The Morgan fingerprint density at radius 2 is 2.05 bits per heavy atom. The van der Waals surface area contributed by atoms with Crippen LogP contribution in [0.4, 0.5) is 0 Å². The monoisotopic (exact) mass is 321 g/mol. The van der Waals surface area contributed by atoms with Crippen molar-refractivity contribution in [1.82, 2.24) is 14.6 Å². The van der Waals surface area contributed by atoms with Crippen LogP contribution in [0.15, 0.2) is 39.8 Å². The third kappa shape index (κ3) is 2.79. The molecular formula is C15H19N3O3S. The fourth-order valence-electron chi connectivity index (χ4n) is 2.61. The van der Waals surface area contributed by atoms with Crippen molar-refractivity contribution < 1.29 is 12.8 Å². The summed E-state index contributed by atoms with van der Waals surface area (Å²) in [4.78, 5) is 4.55. The predicted molar refractivity (Wildman–Crippen MR) is 82.9 cm³/mol. The van der Waals surface area contributed by atoms with Gasteiger partial charge < -0.3 is 9.73 Å². The van der Waals surface area contributed by atoms with Gasteiger partial charge in [-0.25, -0.2) is 13.4 Å². The molecule has 6 nitrogen and oxygen atoms in total. The first-order chi connectivity index (χ1) is 10.5. The van der Waals surface area contributed by atoms with Crippen LogP contribution < -0.4 is 5.32 Å². The summed E-state index contributed by atoms with van der Waals surface area (Å²) in [6.45, 7) is 5.54. The third-order valence-electron chi connectivity index (χ3n) is 3.82. The van der Waals surface area contributed by atoms with Gasteiger partial charge in [-0.3, -0.25) is 0 Å². The van der Waals surface area contributed by atoms with Crippen LogP contribution in [-0.4, -0.2) is 43.4 Å². The van der Waals surface area contributed by atoms with E-state index in [2.05, 4.69) is 10.3 Å². The summed E-state index contributed by atoms with van der Waals surface area (Å²) < 4.78 is 32.2. The number of benzene rings is 1. The highest BCUT2D eigenvalue weighted by molar-refractivity contribution is 7.89. The second kappa shape index (κ2) is 5.83. The Morgan fingerprint density at radius 3 is 2.64 bits per heavy atom. The van der Waals surface area contributed by atoms with Crippen LogP contribution in [0.2, 0.25) is 0 Å². The van der Waals surface area contributed by atoms with Crippen molar-refractivity contribution in [3.63, 3.8) is 0 Å². The summed E-state index contributed by atoms with van der Waals surface area (Å²) in [6.07, 6.45) is 1.57. The van der Waals surface area contributed by atoms with Crippen LogP contribution >= 0.6 is 0 Å². The van der Waals surface area contributed by atoms with E-state index in [4.69, 9.17) is 4.42 Å². The average Bonchev–Trinajstić information content (AvgIpc) is 2.94. The zero-order chi connectivity index (χ0) is 15.7. The van der Waals surface area contributed by atoms with Gasteiger partial charge in [0.15, 0.2) is 5.89 Å². The molecule has 0 spiro atoms. The molecular weight excluding hydrogens is 302 g/mol. The van der Waals surface area contributed by atoms with Gasteiger partial charge in [-0.2, -0.15) is 4.31 Å². The van der Waals surface area contributed by atoms with E-state index >= 15 is 0 Å². The SMILES string of the molecule is Cc1nc(-c2ccc(S(=O)(=O)N3CCNCC3C)cc2)co1. The number of piperazine rings is 1. The van der Waals surface area contributed by atoms with Crippen molar-refractivity contribution >= 4 is 10.0 Å². The highest BCUT2D eigenvalue weighted by atomic mass is 32.2. The minimum atomic E-state index is -3.46. The Kier molecular flexibility index (Phi) is 4.03. The van der Waals surface area contributed by atoms with Gasteiger partial charge in [0.25, 0.3) is 0 Å². The van der Waals surface area contributed by atoms with Crippen molar-refractivity contribution in [3.8, 4) is 11.3 Å². The summed E-state index contributed by atoms with van der Waals surface area (Å²) in [5.41, 5.74) is 1.54. The second-order valence-electron chi connectivity index (χ2n) is 5.45. The third-order valence-corrected chi connectivity index (χ3v) is 5.84. The Balaban J connectivity index is 1.88. The topological polar surface area (TPSA) is 75.4 Å². The lowest BCUT2D eigenvalue weighted by atomic mass is 10.2. The fourth-order valence-corrected chi connectivity index (χ4v) is 4.24. The quantitative estimate of drug-likeness (QED) is 0.930. The van der Waals surface area contributed by atoms with Crippen molar-refractivity contribution in [1.29, 1.82) is 0 Å². The Hall–Kier alpha value is -1.70. The van der Waals surface area contributed by atoms with E-state index in [1.54, 1.807) is 41.8 Å². The van der Waals surface area contributed by atoms with E-state index in [1.807, 2.05) is 6.92 Å². The number of aromatic nitrogens is 1. The summed E-state index contributed by atoms with van der Waals surface area (Å²) in [6, 6.07) is 6.73. The molecule has 1 aromatic carbocycles. The molecule has 0 saturated carbocycles. The smallest absolute Gasteiger partial charge is 0.243 e. The molecule has 1 unspecified atom stereocenters. The minimum Gasteiger partial charge on any atom is -0.449 e. The molecule has 1 atom stereocenters. The molecule has 1 aromatic heterocycles. The van der Waals surface area contributed by atoms with Gasteiger partial charge in [0.1, 0.15) is 12.0 Å². The molecule has 0 amide bonds. The highest BCUT2D eigenvalue weighted by Gasteiger charge is 2.30. The van der Waals surface area contributed by atoms with Crippen LogP contribution in [0.25, 0.3) is 11.3 Å². The maximum Gasteiger partial charge on any atom is 0.243 e. The number of rotatable bonds is 3. The number of hydrogen-bond donors (Lipinski definition) is 1. The lowest BCUT2D eigenvalue weighted by Gasteiger charge is -2.32. The number of nitrogens with zero attached hydrogens (tertiary/aromatic N) is 2. The van der Waals surface area contributed by atoms with Gasteiger partial charge in [-0.1, -0.05) is 12.1 Å². The van der Waals surface area contributed by atoms with E-state index < -0.39 is 10.0 Å². The second-order valence-corrected chi connectivity index (χ2v) is 7.34. The molecule has 3 rings (SSSR count). The number of oxazole rings is 1. The molecule has 1 saturated heterocycles. The van der Waals surface area contributed by atoms with E-state index in [0.717, 1.165) is 5.56 Å². The number of sulfonamides is 1. The fraction of sp³-hybridized carbons (Fsp3) is 0.400. The highest BCUT2D eigenvalue weighted by Crippen LogP contribution is 2.24. The van der Waals surface area contributed by atoms with Crippen LogP contribution in [0.1, 0.15) is 12.8 Å². The van der Waals surface area contributed by atoms with Crippen LogP contribution in [-0.2, 0) is 10.0 Å². The molecule has 0 radical (unpaired) electrons. The summed E-state index contributed by atoms with van der Waals surface area (Å²) in [5.74, 6) is 0.585. The molecule has 1 aliphatic heterocycles. The zero-order valence-electron chi connectivity index (χ0n) is 12.6. The standard InChI is InChI=1S/C15H19N3O3S/c1-11-9-16-7-8-18(11)22(19,20)14-5-3-13(4-6-14)15-10-21-12(2)17-15/h3-6,10-11,16H,7-9H2,1-2H3. The molecule has 0 bridgehead atoms. The molecule has 0 aliphatic carbocycles. The van der Waals surface area contributed by atoms with Gasteiger partial charge >= 0.3 is 0 Å². The van der Waals surface area contributed by atoms with Crippen molar-refractivity contribution in [2.45, 2.75) is 24.8 Å². The van der Waals surface area contributed by atoms with E-state index in [0.29, 0.717) is 36.1 Å². The first kappa shape index (κ1) is 15.2. The first-order valence-electron chi connectivity index (χ1n) is 7.23. The van der Waals surface area contributed by atoms with E-state index in [9.17, 15) is 8.42 Å². The van der Waals surface area contributed by atoms with E-state index in [1.165, 1.54) is 0 Å². The Bertz CT molecular complexity index is 753. The lowest BCUT2D eigenvalue weighted by molar-refractivity contribution is 0.284. The van der Waals surface area contributed by atoms with Crippen LogP contribution in [0.3, 0.4) is 0 Å². The molecule has 22 heavy (non-hydrogen) atoms. The largest absolute Gasteiger partial charge is 0.449 e. The molecule has 1 N–H and O–H groups in total. The van der Waals surface area contributed by atoms with Gasteiger partial charge in [0.05, 0.1) is 4.90 Å². The molecule has 7 heteroatoms. The summed E-state index contributed by atoms with van der Waals surface area (Å²) in [5, 5.41) is 3.20. The Morgan fingerprint density at radius 1 is 1.32 bits per heavy atom. The maximum atomic E-state index is 12.7.